The minimum atomic E-state index is -1.04. The SMILES string of the molecule is C=CCNc1ccc(N2C(N)=C(C#N)C(c3ccccc3)C(C(=O)OC)=C2C(=O)OC)cc1[N+](=O)[O-]. The highest BCUT2D eigenvalue weighted by atomic mass is 16.6. The monoisotopic (exact) mass is 489 g/mol. The van der Waals surface area contributed by atoms with E-state index in [4.69, 9.17) is 15.2 Å². The van der Waals surface area contributed by atoms with Crippen molar-refractivity contribution in [2.24, 2.45) is 5.73 Å². The summed E-state index contributed by atoms with van der Waals surface area (Å²) < 4.78 is 9.93. The second kappa shape index (κ2) is 10.9. The van der Waals surface area contributed by atoms with Gasteiger partial charge >= 0.3 is 11.9 Å². The molecule has 1 atom stereocenters. The predicted molar refractivity (Wildman–Crippen MR) is 131 cm³/mol. The third-order valence-electron chi connectivity index (χ3n) is 5.48. The number of nitrogens with one attached hydrogen (secondary N) is 1. The molecule has 184 valence electrons. The van der Waals surface area contributed by atoms with Crippen molar-refractivity contribution in [2.45, 2.75) is 5.92 Å². The van der Waals surface area contributed by atoms with E-state index in [0.717, 1.165) is 19.1 Å². The first-order valence-corrected chi connectivity index (χ1v) is 10.6. The number of nitro groups is 1. The van der Waals surface area contributed by atoms with Crippen molar-refractivity contribution in [3.05, 3.63) is 99.5 Å². The van der Waals surface area contributed by atoms with Crippen molar-refractivity contribution >= 4 is 29.0 Å². The highest BCUT2D eigenvalue weighted by Crippen LogP contribution is 2.44. The second-order valence-electron chi connectivity index (χ2n) is 7.46. The zero-order valence-corrected chi connectivity index (χ0v) is 19.6. The molecule has 1 unspecified atom stereocenters. The lowest BCUT2D eigenvalue weighted by Crippen LogP contribution is -2.40. The maximum atomic E-state index is 13.1. The van der Waals surface area contributed by atoms with Gasteiger partial charge in [0, 0.05) is 12.6 Å². The summed E-state index contributed by atoms with van der Waals surface area (Å²) in [4.78, 5) is 38.4. The van der Waals surface area contributed by atoms with E-state index in [-0.39, 0.29) is 46.3 Å². The number of nitrogens with two attached hydrogens (primary N) is 1. The Morgan fingerprint density at radius 1 is 1.22 bits per heavy atom. The number of methoxy groups -OCH3 is 2. The first-order chi connectivity index (χ1) is 17.3. The van der Waals surface area contributed by atoms with Crippen LogP contribution < -0.4 is 16.0 Å². The topological polar surface area (TPSA) is 161 Å². The number of carbonyl (C=O) groups excluding carboxylic acids is 2. The minimum absolute atomic E-state index is 0.0502. The number of nitrogens with zero attached hydrogens (tertiary/aromatic N) is 3. The van der Waals surface area contributed by atoms with Gasteiger partial charge < -0.3 is 20.5 Å². The van der Waals surface area contributed by atoms with Crippen molar-refractivity contribution in [2.75, 3.05) is 31.0 Å². The average Bonchev–Trinajstić information content (AvgIpc) is 2.90. The van der Waals surface area contributed by atoms with Crippen LogP contribution in [0.4, 0.5) is 17.1 Å². The van der Waals surface area contributed by atoms with Gasteiger partial charge in [0.2, 0.25) is 0 Å². The van der Waals surface area contributed by atoms with E-state index in [1.165, 1.54) is 24.3 Å². The number of hydrogen-bond donors (Lipinski definition) is 2. The smallest absolute Gasteiger partial charge is 0.355 e. The van der Waals surface area contributed by atoms with Crippen molar-refractivity contribution in [1.29, 1.82) is 5.26 Å². The van der Waals surface area contributed by atoms with Crippen LogP contribution in [0.2, 0.25) is 0 Å². The normalized spacial score (nSPS) is 15.1. The Morgan fingerprint density at radius 3 is 2.44 bits per heavy atom. The molecule has 0 spiro atoms. The fraction of sp³-hybridized carbons (Fsp3) is 0.160. The zero-order chi connectivity index (χ0) is 26.4. The number of nitro benzene ring substituents is 1. The quantitative estimate of drug-likeness (QED) is 0.244. The molecule has 3 rings (SSSR count). The Bertz CT molecular complexity index is 1330. The molecule has 11 heteroatoms. The van der Waals surface area contributed by atoms with E-state index < -0.39 is 22.8 Å². The molecule has 0 amide bonds. The Hall–Kier alpha value is -5.11. The van der Waals surface area contributed by atoms with E-state index in [2.05, 4.69) is 11.9 Å². The maximum Gasteiger partial charge on any atom is 0.355 e. The van der Waals surface area contributed by atoms with Gasteiger partial charge in [-0.1, -0.05) is 36.4 Å². The minimum Gasteiger partial charge on any atom is -0.466 e. The molecule has 11 nitrogen and oxygen atoms in total. The number of carbonyl (C=O) groups is 2. The summed E-state index contributed by atoms with van der Waals surface area (Å²) in [6.07, 6.45) is 1.53. The molecular weight excluding hydrogens is 466 g/mol. The number of ether oxygens (including phenoxy) is 2. The first kappa shape index (κ1) is 25.5. The van der Waals surface area contributed by atoms with Crippen LogP contribution in [0.25, 0.3) is 0 Å². The first-order valence-electron chi connectivity index (χ1n) is 10.6. The molecular formula is C25H23N5O6. The Labute approximate surface area is 206 Å². The lowest BCUT2D eigenvalue weighted by Gasteiger charge is -2.35. The summed E-state index contributed by atoms with van der Waals surface area (Å²) in [5.41, 5.74) is 6.28. The largest absolute Gasteiger partial charge is 0.466 e. The number of esters is 2. The van der Waals surface area contributed by atoms with Crippen molar-refractivity contribution in [3.63, 3.8) is 0 Å². The predicted octanol–water partition coefficient (Wildman–Crippen LogP) is 3.09. The fourth-order valence-electron chi connectivity index (χ4n) is 3.92. The number of benzene rings is 2. The molecule has 36 heavy (non-hydrogen) atoms. The number of rotatable bonds is 8. The van der Waals surface area contributed by atoms with Crippen LogP contribution in [0.15, 0.2) is 83.9 Å². The van der Waals surface area contributed by atoms with E-state index in [9.17, 15) is 25.0 Å². The molecule has 0 fully saturated rings. The molecule has 0 saturated carbocycles. The van der Waals surface area contributed by atoms with Gasteiger partial charge in [0.05, 0.1) is 48.0 Å². The number of allylic oxidation sites excluding steroid dienone is 1. The molecule has 2 aromatic carbocycles. The van der Waals surface area contributed by atoms with Gasteiger partial charge in [-0.05, 0) is 17.7 Å². The summed E-state index contributed by atoms with van der Waals surface area (Å²) in [6.45, 7) is 3.84. The molecule has 0 radical (unpaired) electrons. The van der Waals surface area contributed by atoms with E-state index in [1.807, 2.05) is 6.07 Å². The van der Waals surface area contributed by atoms with Gasteiger partial charge in [-0.3, -0.25) is 15.0 Å². The summed E-state index contributed by atoms with van der Waals surface area (Å²) in [7, 11) is 2.25. The van der Waals surface area contributed by atoms with Crippen LogP contribution in [0, 0.1) is 21.4 Å². The Morgan fingerprint density at radius 2 is 1.89 bits per heavy atom. The summed E-state index contributed by atoms with van der Waals surface area (Å²) in [5.74, 6) is -3.08. The molecule has 1 aliphatic heterocycles. The zero-order valence-electron chi connectivity index (χ0n) is 19.6. The lowest BCUT2D eigenvalue weighted by atomic mass is 9.81. The van der Waals surface area contributed by atoms with Crippen LogP contribution in [0.5, 0.6) is 0 Å². The van der Waals surface area contributed by atoms with Gasteiger partial charge in [-0.15, -0.1) is 6.58 Å². The Kier molecular flexibility index (Phi) is 7.71. The molecule has 0 aromatic heterocycles. The highest BCUT2D eigenvalue weighted by Gasteiger charge is 2.43. The van der Waals surface area contributed by atoms with Gasteiger partial charge in [-0.25, -0.2) is 9.59 Å². The third kappa shape index (κ3) is 4.60. The van der Waals surface area contributed by atoms with E-state index in [0.29, 0.717) is 5.56 Å². The standard InChI is InChI=1S/C25H23N5O6/c1-4-12-28-18-11-10-16(13-19(18)30(33)34)29-22(25(32)36-3)21(24(31)35-2)20(17(14-26)23(29)27)15-8-6-5-7-9-15/h4-11,13,20,28H,1,12,27H2,2-3H3. The van der Waals surface area contributed by atoms with Gasteiger partial charge in [0.15, 0.2) is 0 Å². The third-order valence-corrected chi connectivity index (χ3v) is 5.48. The molecule has 2 aromatic rings. The van der Waals surface area contributed by atoms with Crippen molar-refractivity contribution in [1.82, 2.24) is 0 Å². The molecule has 0 aliphatic carbocycles. The van der Waals surface area contributed by atoms with Crippen LogP contribution in [-0.4, -0.2) is 37.6 Å². The number of hydrogen-bond acceptors (Lipinski definition) is 10. The van der Waals surface area contributed by atoms with Crippen molar-refractivity contribution < 1.29 is 24.0 Å². The summed E-state index contributed by atoms with van der Waals surface area (Å²) in [5, 5.41) is 24.7. The molecule has 0 saturated heterocycles. The number of anilines is 2. The van der Waals surface area contributed by atoms with Crippen LogP contribution in [0.1, 0.15) is 11.5 Å². The number of nitriles is 1. The van der Waals surface area contributed by atoms with Crippen LogP contribution >= 0.6 is 0 Å². The summed E-state index contributed by atoms with van der Waals surface area (Å²) in [6, 6.07) is 14.6. The molecule has 1 heterocycles. The van der Waals surface area contributed by atoms with Gasteiger partial charge in [0.1, 0.15) is 17.2 Å². The highest BCUT2D eigenvalue weighted by molar-refractivity contribution is 6.06. The van der Waals surface area contributed by atoms with Crippen LogP contribution in [0.3, 0.4) is 0 Å². The Balaban J connectivity index is 2.38. The molecule has 0 bridgehead atoms. The van der Waals surface area contributed by atoms with Crippen LogP contribution in [-0.2, 0) is 19.1 Å². The van der Waals surface area contributed by atoms with Gasteiger partial charge in [-0.2, -0.15) is 5.26 Å². The molecule has 3 N–H and O–H groups in total. The maximum absolute atomic E-state index is 13.1. The molecule has 1 aliphatic rings. The average molecular weight is 489 g/mol. The van der Waals surface area contributed by atoms with E-state index in [1.54, 1.807) is 30.3 Å². The fourth-order valence-corrected chi connectivity index (χ4v) is 3.92. The van der Waals surface area contributed by atoms with Crippen molar-refractivity contribution in [3.8, 4) is 6.07 Å². The van der Waals surface area contributed by atoms with Gasteiger partial charge in [0.25, 0.3) is 5.69 Å². The van der Waals surface area contributed by atoms with E-state index >= 15 is 0 Å². The lowest BCUT2D eigenvalue weighted by molar-refractivity contribution is -0.383. The second-order valence-corrected chi connectivity index (χ2v) is 7.46. The summed E-state index contributed by atoms with van der Waals surface area (Å²) >= 11 is 0.